The van der Waals surface area contributed by atoms with Crippen molar-refractivity contribution >= 4 is 15.7 Å². The lowest BCUT2D eigenvalue weighted by atomic mass is 10.0. The zero-order valence-corrected chi connectivity index (χ0v) is 12.0. The van der Waals surface area contributed by atoms with E-state index in [0.717, 1.165) is 25.1 Å². The van der Waals surface area contributed by atoms with Crippen LogP contribution in [0, 0.1) is 12.8 Å². The molecular formula is C13H22N2O2S. The van der Waals surface area contributed by atoms with Gasteiger partial charge in [-0.2, -0.15) is 0 Å². The lowest BCUT2D eigenvalue weighted by Gasteiger charge is -2.17. The molecule has 0 amide bonds. The van der Waals surface area contributed by atoms with Gasteiger partial charge in [-0.15, -0.1) is 0 Å². The molecule has 0 saturated carbocycles. The second kappa shape index (κ2) is 6.20. The second-order valence-electron chi connectivity index (χ2n) is 4.54. The Balaban J connectivity index is 2.92. The summed E-state index contributed by atoms with van der Waals surface area (Å²) in [5, 5.41) is 8.49. The number of primary sulfonamides is 1. The van der Waals surface area contributed by atoms with Crippen molar-refractivity contribution in [1.82, 2.24) is 0 Å². The largest absolute Gasteiger partial charge is 0.385 e. The summed E-state index contributed by atoms with van der Waals surface area (Å²) in [4.78, 5) is 0.192. The van der Waals surface area contributed by atoms with E-state index in [1.165, 1.54) is 6.07 Å². The fourth-order valence-corrected chi connectivity index (χ4v) is 2.75. The third-order valence-electron chi connectivity index (χ3n) is 3.33. The van der Waals surface area contributed by atoms with Gasteiger partial charge in [-0.3, -0.25) is 0 Å². The lowest BCUT2D eigenvalue weighted by molar-refractivity contribution is 0.519. The predicted octanol–water partition coefficient (Wildman–Crippen LogP) is 2.49. The highest BCUT2D eigenvalue weighted by Crippen LogP contribution is 2.22. The topological polar surface area (TPSA) is 72.2 Å². The quantitative estimate of drug-likeness (QED) is 0.834. The molecule has 102 valence electrons. The van der Waals surface area contributed by atoms with Crippen molar-refractivity contribution in [3.8, 4) is 0 Å². The maximum atomic E-state index is 11.4. The summed E-state index contributed by atoms with van der Waals surface area (Å²) in [7, 11) is -3.65. The molecule has 0 aliphatic carbocycles. The number of hydrogen-bond acceptors (Lipinski definition) is 3. The van der Waals surface area contributed by atoms with Crippen LogP contribution in [-0.4, -0.2) is 15.0 Å². The first-order valence-electron chi connectivity index (χ1n) is 6.26. The standard InChI is InChI=1S/C13H22N2O2S/c1-4-11(5-2)9-15-12-7-6-8-13(10(12)3)18(14,16)17/h6-8,11,15H,4-5,9H2,1-3H3,(H2,14,16,17). The molecule has 0 fully saturated rings. The van der Waals surface area contributed by atoms with Crippen LogP contribution in [0.4, 0.5) is 5.69 Å². The van der Waals surface area contributed by atoms with Crippen molar-refractivity contribution in [1.29, 1.82) is 0 Å². The highest BCUT2D eigenvalue weighted by molar-refractivity contribution is 7.89. The second-order valence-corrected chi connectivity index (χ2v) is 6.07. The van der Waals surface area contributed by atoms with Crippen molar-refractivity contribution in [2.24, 2.45) is 11.1 Å². The minimum atomic E-state index is -3.65. The summed E-state index contributed by atoms with van der Waals surface area (Å²) >= 11 is 0. The Morgan fingerprint density at radius 1 is 1.28 bits per heavy atom. The SMILES string of the molecule is CCC(CC)CNc1cccc(S(N)(=O)=O)c1C. The number of rotatable bonds is 6. The van der Waals surface area contributed by atoms with Gasteiger partial charge in [0.2, 0.25) is 10.0 Å². The van der Waals surface area contributed by atoms with Gasteiger partial charge in [-0.05, 0) is 30.5 Å². The van der Waals surface area contributed by atoms with E-state index in [1.54, 1.807) is 13.0 Å². The first-order chi connectivity index (χ1) is 8.40. The molecule has 18 heavy (non-hydrogen) atoms. The molecule has 0 spiro atoms. The average Bonchev–Trinajstić information content (AvgIpc) is 2.30. The summed E-state index contributed by atoms with van der Waals surface area (Å²) in [5.41, 5.74) is 1.53. The minimum Gasteiger partial charge on any atom is -0.385 e. The smallest absolute Gasteiger partial charge is 0.238 e. The number of nitrogens with one attached hydrogen (secondary N) is 1. The normalized spacial score (nSPS) is 11.8. The van der Waals surface area contributed by atoms with Crippen LogP contribution in [0.1, 0.15) is 32.3 Å². The predicted molar refractivity (Wildman–Crippen MR) is 75.1 cm³/mol. The molecule has 1 aromatic rings. The van der Waals surface area contributed by atoms with Gasteiger partial charge in [0, 0.05) is 12.2 Å². The Labute approximate surface area is 110 Å². The molecule has 0 atom stereocenters. The molecule has 0 unspecified atom stereocenters. The van der Waals surface area contributed by atoms with Gasteiger partial charge in [-0.1, -0.05) is 32.8 Å². The van der Waals surface area contributed by atoms with E-state index in [4.69, 9.17) is 5.14 Å². The molecule has 3 N–H and O–H groups in total. The molecule has 1 aromatic carbocycles. The van der Waals surface area contributed by atoms with Crippen LogP contribution in [0.2, 0.25) is 0 Å². The molecule has 0 radical (unpaired) electrons. The molecule has 0 bridgehead atoms. The fourth-order valence-electron chi connectivity index (χ4n) is 1.95. The zero-order chi connectivity index (χ0) is 13.8. The Hall–Kier alpha value is -1.07. The Bertz CT molecular complexity index is 494. The summed E-state index contributed by atoms with van der Waals surface area (Å²) in [6.45, 7) is 6.93. The number of anilines is 1. The molecule has 1 rings (SSSR count). The molecule has 0 aliphatic heterocycles. The molecule has 5 heteroatoms. The first-order valence-corrected chi connectivity index (χ1v) is 7.81. The van der Waals surface area contributed by atoms with Gasteiger partial charge < -0.3 is 5.32 Å². The molecule has 0 saturated heterocycles. The highest BCUT2D eigenvalue weighted by atomic mass is 32.2. The van der Waals surface area contributed by atoms with E-state index in [9.17, 15) is 8.42 Å². The van der Waals surface area contributed by atoms with Crippen LogP contribution in [0.5, 0.6) is 0 Å². The van der Waals surface area contributed by atoms with Crippen LogP contribution < -0.4 is 10.5 Å². The van der Waals surface area contributed by atoms with Crippen LogP contribution in [-0.2, 0) is 10.0 Å². The molecule has 4 nitrogen and oxygen atoms in total. The van der Waals surface area contributed by atoms with Crippen molar-refractivity contribution in [3.63, 3.8) is 0 Å². The summed E-state index contributed by atoms with van der Waals surface area (Å²) in [6, 6.07) is 5.13. The molecular weight excluding hydrogens is 248 g/mol. The van der Waals surface area contributed by atoms with Crippen molar-refractivity contribution in [3.05, 3.63) is 23.8 Å². The first kappa shape index (κ1) is 15.0. The highest BCUT2D eigenvalue weighted by Gasteiger charge is 2.14. The monoisotopic (exact) mass is 270 g/mol. The fraction of sp³-hybridized carbons (Fsp3) is 0.538. The zero-order valence-electron chi connectivity index (χ0n) is 11.2. The Morgan fingerprint density at radius 2 is 1.89 bits per heavy atom. The summed E-state index contributed by atoms with van der Waals surface area (Å²) in [6.07, 6.45) is 2.22. The van der Waals surface area contributed by atoms with E-state index in [0.29, 0.717) is 11.5 Å². The Kier molecular flexibility index (Phi) is 5.16. The van der Waals surface area contributed by atoms with Gasteiger partial charge in [0.05, 0.1) is 4.90 Å². The maximum absolute atomic E-state index is 11.4. The van der Waals surface area contributed by atoms with Gasteiger partial charge in [0.25, 0.3) is 0 Å². The van der Waals surface area contributed by atoms with Crippen LogP contribution in [0.15, 0.2) is 23.1 Å². The van der Waals surface area contributed by atoms with E-state index >= 15 is 0 Å². The van der Waals surface area contributed by atoms with Gasteiger partial charge in [0.15, 0.2) is 0 Å². The third-order valence-corrected chi connectivity index (χ3v) is 4.38. The molecule has 0 aromatic heterocycles. The lowest BCUT2D eigenvalue weighted by Crippen LogP contribution is -2.17. The number of sulfonamides is 1. The van der Waals surface area contributed by atoms with E-state index in [2.05, 4.69) is 19.2 Å². The van der Waals surface area contributed by atoms with Crippen molar-refractivity contribution < 1.29 is 8.42 Å². The van der Waals surface area contributed by atoms with Gasteiger partial charge >= 0.3 is 0 Å². The van der Waals surface area contributed by atoms with E-state index in [-0.39, 0.29) is 4.90 Å². The van der Waals surface area contributed by atoms with Crippen LogP contribution in [0.3, 0.4) is 0 Å². The Morgan fingerprint density at radius 3 is 2.39 bits per heavy atom. The van der Waals surface area contributed by atoms with Crippen LogP contribution in [0.25, 0.3) is 0 Å². The molecule has 0 aliphatic rings. The molecule has 0 heterocycles. The third kappa shape index (κ3) is 3.71. The summed E-state index contributed by atoms with van der Waals surface area (Å²) in [5.74, 6) is 0.600. The van der Waals surface area contributed by atoms with Gasteiger partial charge in [0.1, 0.15) is 0 Å². The maximum Gasteiger partial charge on any atom is 0.238 e. The summed E-state index contributed by atoms with van der Waals surface area (Å²) < 4.78 is 22.8. The van der Waals surface area contributed by atoms with Crippen LogP contribution >= 0.6 is 0 Å². The van der Waals surface area contributed by atoms with E-state index < -0.39 is 10.0 Å². The van der Waals surface area contributed by atoms with Crippen molar-refractivity contribution in [2.75, 3.05) is 11.9 Å². The number of hydrogen-bond donors (Lipinski definition) is 2. The van der Waals surface area contributed by atoms with Gasteiger partial charge in [-0.25, -0.2) is 13.6 Å². The average molecular weight is 270 g/mol. The van der Waals surface area contributed by atoms with Crippen molar-refractivity contribution in [2.45, 2.75) is 38.5 Å². The van der Waals surface area contributed by atoms with E-state index in [1.807, 2.05) is 6.07 Å². The number of benzene rings is 1. The minimum absolute atomic E-state index is 0.192. The number of nitrogens with two attached hydrogens (primary N) is 1.